The van der Waals surface area contributed by atoms with Gasteiger partial charge in [-0.05, 0) is 60.0 Å². The van der Waals surface area contributed by atoms with Crippen molar-refractivity contribution in [3.8, 4) is 22.3 Å². The highest BCUT2D eigenvalue weighted by Crippen LogP contribution is 2.37. The van der Waals surface area contributed by atoms with E-state index in [0.717, 1.165) is 64.3 Å². The summed E-state index contributed by atoms with van der Waals surface area (Å²) in [5.74, 6) is 1.05. The summed E-state index contributed by atoms with van der Waals surface area (Å²) >= 11 is 0. The Kier molecular flexibility index (Phi) is 5.03. The van der Waals surface area contributed by atoms with Crippen molar-refractivity contribution < 1.29 is 0 Å². The van der Waals surface area contributed by atoms with Crippen LogP contribution in [-0.2, 0) is 13.6 Å². The SMILES string of the molecule is Cn1cc(-c2cc(-c3ccc(N4CC5CC(C4)N5Cc4ccccn4)nc3)c3cccnc3c2)cn1. The summed E-state index contributed by atoms with van der Waals surface area (Å²) in [6.07, 6.45) is 10.9. The maximum absolute atomic E-state index is 4.91. The number of nitrogens with zero attached hydrogens (tertiary/aromatic N) is 7. The molecule has 178 valence electrons. The highest BCUT2D eigenvalue weighted by atomic mass is 15.4. The number of benzene rings is 1. The molecule has 3 saturated heterocycles. The fourth-order valence-corrected chi connectivity index (χ4v) is 5.70. The molecule has 2 unspecified atom stereocenters. The van der Waals surface area contributed by atoms with Gasteiger partial charge in [-0.2, -0.15) is 5.10 Å². The fraction of sp³-hybridized carbons (Fsp3) is 0.241. The molecule has 0 saturated carbocycles. The summed E-state index contributed by atoms with van der Waals surface area (Å²) < 4.78 is 1.83. The average molecular weight is 474 g/mol. The first kappa shape index (κ1) is 21.2. The van der Waals surface area contributed by atoms with E-state index < -0.39 is 0 Å². The molecule has 0 spiro atoms. The molecule has 7 heterocycles. The van der Waals surface area contributed by atoms with Gasteiger partial charge in [0, 0.05) is 80.1 Å². The third-order valence-electron chi connectivity index (χ3n) is 7.56. The van der Waals surface area contributed by atoms with Gasteiger partial charge in [-0.1, -0.05) is 12.1 Å². The van der Waals surface area contributed by atoms with Gasteiger partial charge in [-0.3, -0.25) is 19.5 Å². The third kappa shape index (κ3) is 3.72. The van der Waals surface area contributed by atoms with Crippen LogP contribution in [0.1, 0.15) is 12.1 Å². The normalized spacial score (nSPS) is 19.4. The molecule has 3 fully saturated rings. The van der Waals surface area contributed by atoms with E-state index in [0.29, 0.717) is 12.1 Å². The predicted molar refractivity (Wildman–Crippen MR) is 141 cm³/mol. The van der Waals surface area contributed by atoms with Crippen molar-refractivity contribution in [3.05, 3.63) is 91.3 Å². The maximum Gasteiger partial charge on any atom is 0.128 e. The molecule has 1 aromatic carbocycles. The number of piperazine rings is 1. The van der Waals surface area contributed by atoms with E-state index >= 15 is 0 Å². The van der Waals surface area contributed by atoms with E-state index in [1.54, 1.807) is 0 Å². The van der Waals surface area contributed by atoms with Crippen LogP contribution < -0.4 is 4.90 Å². The lowest BCUT2D eigenvalue weighted by molar-refractivity contribution is -0.00967. The summed E-state index contributed by atoms with van der Waals surface area (Å²) in [6.45, 7) is 2.96. The lowest BCUT2D eigenvalue weighted by Gasteiger charge is -2.56. The molecule has 0 amide bonds. The zero-order valence-electron chi connectivity index (χ0n) is 20.2. The van der Waals surface area contributed by atoms with E-state index in [2.05, 4.69) is 67.3 Å². The third-order valence-corrected chi connectivity index (χ3v) is 7.56. The molecule has 2 bridgehead atoms. The number of piperidine rings is 1. The van der Waals surface area contributed by atoms with E-state index in [1.807, 2.05) is 54.8 Å². The number of aromatic nitrogens is 5. The van der Waals surface area contributed by atoms with E-state index in [9.17, 15) is 0 Å². The zero-order valence-corrected chi connectivity index (χ0v) is 20.2. The van der Waals surface area contributed by atoms with Gasteiger partial charge in [0.05, 0.1) is 17.4 Å². The van der Waals surface area contributed by atoms with Gasteiger partial charge in [0.2, 0.25) is 0 Å². The molecular weight excluding hydrogens is 446 g/mol. The van der Waals surface area contributed by atoms with Crippen molar-refractivity contribution in [3.63, 3.8) is 0 Å². The van der Waals surface area contributed by atoms with E-state index in [4.69, 9.17) is 4.98 Å². The van der Waals surface area contributed by atoms with Crippen LogP contribution in [0.3, 0.4) is 0 Å². The summed E-state index contributed by atoms with van der Waals surface area (Å²) in [5, 5.41) is 5.48. The van der Waals surface area contributed by atoms with E-state index in [1.165, 1.54) is 6.42 Å². The summed E-state index contributed by atoms with van der Waals surface area (Å²) in [4.78, 5) is 19.1. The van der Waals surface area contributed by atoms with Gasteiger partial charge in [-0.15, -0.1) is 0 Å². The Bertz CT molecular complexity index is 1510. The summed E-state index contributed by atoms with van der Waals surface area (Å²) in [7, 11) is 1.94. The molecule has 5 aromatic rings. The fourth-order valence-electron chi connectivity index (χ4n) is 5.70. The van der Waals surface area contributed by atoms with Crippen molar-refractivity contribution in [2.24, 2.45) is 7.05 Å². The first-order valence-corrected chi connectivity index (χ1v) is 12.5. The van der Waals surface area contributed by atoms with Crippen LogP contribution in [0.4, 0.5) is 5.82 Å². The molecule has 0 radical (unpaired) electrons. The topological polar surface area (TPSA) is 63.0 Å². The van der Waals surface area contributed by atoms with Crippen molar-refractivity contribution in [1.29, 1.82) is 0 Å². The Labute approximate surface area is 210 Å². The highest BCUT2D eigenvalue weighted by Gasteiger charge is 2.44. The van der Waals surface area contributed by atoms with Gasteiger partial charge in [-0.25, -0.2) is 4.98 Å². The molecule has 2 atom stereocenters. The second-order valence-corrected chi connectivity index (χ2v) is 9.84. The molecular formula is C29H27N7. The Hall–Kier alpha value is -4.10. The Morgan fingerprint density at radius 3 is 2.47 bits per heavy atom. The Morgan fingerprint density at radius 2 is 1.72 bits per heavy atom. The molecule has 7 heteroatoms. The monoisotopic (exact) mass is 473 g/mol. The number of pyridine rings is 3. The van der Waals surface area contributed by atoms with Crippen molar-refractivity contribution in [1.82, 2.24) is 29.6 Å². The second-order valence-electron chi connectivity index (χ2n) is 9.84. The van der Waals surface area contributed by atoms with Crippen molar-refractivity contribution >= 4 is 16.7 Å². The standard InChI is InChI=1S/C29H27N7/c1-34-16-22(15-33-34)21-11-27(26-6-4-10-31-28(26)12-21)20-7-8-29(32-14-20)35-18-24-13-25(19-35)36(24)17-23-5-2-3-9-30-23/h2-12,14-16,24-25H,13,17-19H2,1H3. The largest absolute Gasteiger partial charge is 0.353 e. The number of anilines is 1. The number of aryl methyl sites for hydroxylation is 1. The molecule has 36 heavy (non-hydrogen) atoms. The minimum absolute atomic E-state index is 0.568. The molecule has 3 aliphatic heterocycles. The zero-order chi connectivity index (χ0) is 24.1. The molecule has 0 N–H and O–H groups in total. The average Bonchev–Trinajstić information content (AvgIpc) is 3.38. The van der Waals surface area contributed by atoms with Crippen LogP contribution in [0.15, 0.2) is 85.6 Å². The molecule has 3 aliphatic rings. The van der Waals surface area contributed by atoms with Gasteiger partial charge in [0.1, 0.15) is 5.82 Å². The number of rotatable bonds is 5. The lowest BCUT2D eigenvalue weighted by atomic mass is 9.87. The van der Waals surface area contributed by atoms with Crippen LogP contribution >= 0.6 is 0 Å². The number of fused-ring (bicyclic) bond motifs is 3. The molecule has 0 aliphatic carbocycles. The molecule has 7 nitrogen and oxygen atoms in total. The summed E-state index contributed by atoms with van der Waals surface area (Å²) in [6, 6.07) is 20.2. The lowest BCUT2D eigenvalue weighted by Crippen LogP contribution is -2.68. The van der Waals surface area contributed by atoms with Gasteiger partial charge in [0.25, 0.3) is 0 Å². The van der Waals surface area contributed by atoms with Crippen molar-refractivity contribution in [2.45, 2.75) is 25.0 Å². The van der Waals surface area contributed by atoms with Gasteiger partial charge in [0.15, 0.2) is 0 Å². The van der Waals surface area contributed by atoms with Crippen molar-refractivity contribution in [2.75, 3.05) is 18.0 Å². The quantitative estimate of drug-likeness (QED) is 0.373. The van der Waals surface area contributed by atoms with Crippen LogP contribution in [-0.4, -0.2) is 54.8 Å². The first-order chi connectivity index (χ1) is 17.7. The van der Waals surface area contributed by atoms with Crippen LogP contribution in [0.5, 0.6) is 0 Å². The number of hydrogen-bond acceptors (Lipinski definition) is 6. The smallest absolute Gasteiger partial charge is 0.128 e. The predicted octanol–water partition coefficient (Wildman–Crippen LogP) is 4.56. The van der Waals surface area contributed by atoms with Gasteiger partial charge >= 0.3 is 0 Å². The molecule has 8 rings (SSSR count). The minimum Gasteiger partial charge on any atom is -0.353 e. The van der Waals surface area contributed by atoms with Crippen LogP contribution in [0, 0.1) is 0 Å². The van der Waals surface area contributed by atoms with Gasteiger partial charge < -0.3 is 4.90 Å². The second kappa shape index (κ2) is 8.53. The minimum atomic E-state index is 0.568. The van der Waals surface area contributed by atoms with Crippen LogP contribution in [0.2, 0.25) is 0 Å². The maximum atomic E-state index is 4.91. The Balaban J connectivity index is 1.14. The first-order valence-electron chi connectivity index (χ1n) is 12.5. The highest BCUT2D eigenvalue weighted by molar-refractivity contribution is 5.98. The van der Waals surface area contributed by atoms with Crippen LogP contribution in [0.25, 0.3) is 33.2 Å². The number of hydrogen-bond donors (Lipinski definition) is 0. The molecule has 4 aromatic heterocycles. The Morgan fingerprint density at radius 1 is 0.833 bits per heavy atom. The summed E-state index contributed by atoms with van der Waals surface area (Å²) in [5.41, 5.74) is 6.56. The van der Waals surface area contributed by atoms with E-state index in [-0.39, 0.29) is 0 Å².